The summed E-state index contributed by atoms with van der Waals surface area (Å²) in [6.07, 6.45) is 2.47. The van der Waals surface area contributed by atoms with Crippen LogP contribution in [0.1, 0.15) is 38.2 Å². The second-order valence-corrected chi connectivity index (χ2v) is 6.75. The van der Waals surface area contributed by atoms with Gasteiger partial charge in [-0.25, -0.2) is 0 Å². The lowest BCUT2D eigenvalue weighted by Crippen LogP contribution is -2.22. The predicted molar refractivity (Wildman–Crippen MR) is 87.7 cm³/mol. The Balaban J connectivity index is 2.54. The monoisotopic (exact) mass is 329 g/mol. The minimum Gasteiger partial charge on any atom is -0.316 e. The first kappa shape index (κ1) is 16.1. The van der Waals surface area contributed by atoms with Gasteiger partial charge in [-0.3, -0.25) is 0 Å². The summed E-state index contributed by atoms with van der Waals surface area (Å²) in [4.78, 5) is 0. The van der Waals surface area contributed by atoms with Gasteiger partial charge < -0.3 is 5.32 Å². The normalized spacial score (nSPS) is 12.6. The van der Waals surface area contributed by atoms with Crippen molar-refractivity contribution in [3.63, 3.8) is 0 Å². The van der Waals surface area contributed by atoms with E-state index in [9.17, 15) is 0 Å². The van der Waals surface area contributed by atoms with Crippen molar-refractivity contribution in [3.8, 4) is 0 Å². The van der Waals surface area contributed by atoms with Gasteiger partial charge in [-0.1, -0.05) is 41.9 Å². The van der Waals surface area contributed by atoms with Crippen LogP contribution in [0.15, 0.2) is 28.7 Å². The summed E-state index contributed by atoms with van der Waals surface area (Å²) in [5, 5.41) is 3.55. The second kappa shape index (κ2) is 9.88. The lowest BCUT2D eigenvalue weighted by atomic mass is 9.96. The van der Waals surface area contributed by atoms with Gasteiger partial charge in [0.15, 0.2) is 0 Å². The van der Waals surface area contributed by atoms with E-state index in [2.05, 4.69) is 59.4 Å². The van der Waals surface area contributed by atoms with Crippen LogP contribution >= 0.6 is 27.7 Å². The van der Waals surface area contributed by atoms with E-state index in [4.69, 9.17) is 0 Å². The van der Waals surface area contributed by atoms with Crippen molar-refractivity contribution in [1.82, 2.24) is 5.32 Å². The van der Waals surface area contributed by atoms with Crippen molar-refractivity contribution < 1.29 is 0 Å². The number of halogens is 1. The summed E-state index contributed by atoms with van der Waals surface area (Å²) in [5.41, 5.74) is 1.46. The summed E-state index contributed by atoms with van der Waals surface area (Å²) >= 11 is 5.54. The third-order valence-corrected chi connectivity index (χ3v) is 4.43. The van der Waals surface area contributed by atoms with Crippen LogP contribution in [0.25, 0.3) is 0 Å². The molecule has 0 aliphatic rings. The van der Waals surface area contributed by atoms with Crippen LogP contribution in [0.5, 0.6) is 0 Å². The molecule has 0 heterocycles. The Hall–Kier alpha value is 0.01000. The first-order valence-electron chi connectivity index (χ1n) is 6.81. The highest BCUT2D eigenvalue weighted by Crippen LogP contribution is 2.23. The van der Waals surface area contributed by atoms with Crippen LogP contribution in [0.2, 0.25) is 0 Å². The van der Waals surface area contributed by atoms with Gasteiger partial charge in [0.25, 0.3) is 0 Å². The molecule has 0 radical (unpaired) electrons. The molecule has 3 heteroatoms. The predicted octanol–water partition coefficient (Wildman–Crippen LogP) is 4.68. The standard InChI is InChI=1S/C15H24BrNS/c1-3-10-17-12-14(9-11-18-4-2)13-5-7-15(16)8-6-13/h5-8,14,17H,3-4,9-12H2,1-2H3. The maximum absolute atomic E-state index is 3.55. The molecule has 0 saturated heterocycles. The van der Waals surface area contributed by atoms with Crippen LogP contribution in [0.3, 0.4) is 0 Å². The minimum atomic E-state index is 0.642. The average molecular weight is 330 g/mol. The lowest BCUT2D eigenvalue weighted by molar-refractivity contribution is 0.570. The largest absolute Gasteiger partial charge is 0.316 e. The van der Waals surface area contributed by atoms with Gasteiger partial charge in [-0.2, -0.15) is 11.8 Å². The SMILES string of the molecule is CCCNCC(CCSCC)c1ccc(Br)cc1. The topological polar surface area (TPSA) is 12.0 Å². The van der Waals surface area contributed by atoms with Gasteiger partial charge in [0.05, 0.1) is 0 Å². The molecule has 1 nitrogen and oxygen atoms in total. The average Bonchev–Trinajstić information content (AvgIpc) is 2.38. The van der Waals surface area contributed by atoms with Crippen molar-refractivity contribution in [2.75, 3.05) is 24.6 Å². The molecular formula is C15H24BrNS. The zero-order chi connectivity index (χ0) is 13.2. The van der Waals surface area contributed by atoms with Gasteiger partial charge in [0.2, 0.25) is 0 Å². The van der Waals surface area contributed by atoms with Crippen molar-refractivity contribution >= 4 is 27.7 Å². The fourth-order valence-corrected chi connectivity index (χ4v) is 2.95. The quantitative estimate of drug-likeness (QED) is 0.660. The van der Waals surface area contributed by atoms with Crippen molar-refractivity contribution in [2.45, 2.75) is 32.6 Å². The van der Waals surface area contributed by atoms with Gasteiger partial charge in [-0.05, 0) is 54.5 Å². The molecule has 1 atom stereocenters. The molecule has 0 spiro atoms. The highest BCUT2D eigenvalue weighted by Gasteiger charge is 2.10. The fourth-order valence-electron chi connectivity index (χ4n) is 1.94. The van der Waals surface area contributed by atoms with E-state index in [1.807, 2.05) is 11.8 Å². The summed E-state index contributed by atoms with van der Waals surface area (Å²) in [5.74, 6) is 3.12. The molecule has 0 bridgehead atoms. The zero-order valence-electron chi connectivity index (χ0n) is 11.4. The van der Waals surface area contributed by atoms with Crippen LogP contribution in [-0.4, -0.2) is 24.6 Å². The Morgan fingerprint density at radius 3 is 2.56 bits per heavy atom. The summed E-state index contributed by atoms with van der Waals surface area (Å²) in [7, 11) is 0. The minimum absolute atomic E-state index is 0.642. The van der Waals surface area contributed by atoms with E-state index < -0.39 is 0 Å². The number of nitrogens with one attached hydrogen (secondary N) is 1. The Morgan fingerprint density at radius 2 is 1.94 bits per heavy atom. The Labute approximate surface area is 124 Å². The Bertz CT molecular complexity index is 303. The van der Waals surface area contributed by atoms with Crippen molar-refractivity contribution in [1.29, 1.82) is 0 Å². The molecule has 1 aromatic rings. The first-order valence-corrected chi connectivity index (χ1v) is 8.76. The van der Waals surface area contributed by atoms with Crippen LogP contribution in [0, 0.1) is 0 Å². The maximum atomic E-state index is 3.55. The second-order valence-electron chi connectivity index (χ2n) is 4.44. The molecule has 0 saturated carbocycles. The van der Waals surface area contributed by atoms with E-state index in [-0.39, 0.29) is 0 Å². The molecule has 1 aromatic carbocycles. The van der Waals surface area contributed by atoms with Crippen LogP contribution < -0.4 is 5.32 Å². The molecule has 0 aliphatic carbocycles. The highest BCUT2D eigenvalue weighted by atomic mass is 79.9. The molecule has 0 fully saturated rings. The fraction of sp³-hybridized carbons (Fsp3) is 0.600. The Morgan fingerprint density at radius 1 is 1.22 bits per heavy atom. The van der Waals surface area contributed by atoms with Crippen LogP contribution in [-0.2, 0) is 0 Å². The molecule has 0 aromatic heterocycles. The van der Waals surface area contributed by atoms with E-state index in [1.165, 1.54) is 29.9 Å². The van der Waals surface area contributed by atoms with E-state index in [0.29, 0.717) is 5.92 Å². The zero-order valence-corrected chi connectivity index (χ0v) is 13.8. The van der Waals surface area contributed by atoms with Gasteiger partial charge in [0.1, 0.15) is 0 Å². The molecule has 0 aliphatic heterocycles. The number of thioether (sulfide) groups is 1. The third-order valence-electron chi connectivity index (χ3n) is 2.97. The van der Waals surface area contributed by atoms with E-state index >= 15 is 0 Å². The summed E-state index contributed by atoms with van der Waals surface area (Å²) in [6, 6.07) is 8.79. The van der Waals surface area contributed by atoms with Gasteiger partial charge >= 0.3 is 0 Å². The molecule has 18 heavy (non-hydrogen) atoms. The number of hydrogen-bond donors (Lipinski definition) is 1. The van der Waals surface area contributed by atoms with Gasteiger partial charge in [0, 0.05) is 11.0 Å². The molecular weight excluding hydrogens is 306 g/mol. The van der Waals surface area contributed by atoms with E-state index in [0.717, 1.165) is 17.6 Å². The lowest BCUT2D eigenvalue weighted by Gasteiger charge is -2.18. The molecule has 1 rings (SSSR count). The summed E-state index contributed by atoms with van der Waals surface area (Å²) in [6.45, 7) is 6.66. The molecule has 1 N–H and O–H groups in total. The highest BCUT2D eigenvalue weighted by molar-refractivity contribution is 9.10. The van der Waals surface area contributed by atoms with Crippen molar-refractivity contribution in [3.05, 3.63) is 34.3 Å². The Kier molecular flexibility index (Phi) is 8.82. The molecule has 1 unspecified atom stereocenters. The van der Waals surface area contributed by atoms with Crippen molar-refractivity contribution in [2.24, 2.45) is 0 Å². The number of hydrogen-bond acceptors (Lipinski definition) is 2. The number of benzene rings is 1. The first-order chi connectivity index (χ1) is 8.77. The smallest absolute Gasteiger partial charge is 0.0175 e. The molecule has 0 amide bonds. The van der Waals surface area contributed by atoms with Gasteiger partial charge in [-0.15, -0.1) is 0 Å². The van der Waals surface area contributed by atoms with E-state index in [1.54, 1.807) is 0 Å². The third kappa shape index (κ3) is 6.26. The number of rotatable bonds is 9. The maximum Gasteiger partial charge on any atom is 0.0175 e. The van der Waals surface area contributed by atoms with Crippen LogP contribution in [0.4, 0.5) is 0 Å². The summed E-state index contributed by atoms with van der Waals surface area (Å²) < 4.78 is 1.16. The molecule has 102 valence electrons.